The molecule has 0 radical (unpaired) electrons. The second-order valence-corrected chi connectivity index (χ2v) is 10.6. The minimum Gasteiger partial charge on any atom is -0.454 e. The van der Waals surface area contributed by atoms with E-state index in [2.05, 4.69) is 119 Å². The Morgan fingerprint density at radius 3 is 2.11 bits per heavy atom. The summed E-state index contributed by atoms with van der Waals surface area (Å²) in [4.78, 5) is 0. The van der Waals surface area contributed by atoms with Crippen molar-refractivity contribution >= 4 is 92.6 Å². The highest BCUT2D eigenvalue weighted by atomic mass is 16.3. The number of fused-ring (bicyclic) bond motifs is 11. The van der Waals surface area contributed by atoms with Crippen LogP contribution in [0.3, 0.4) is 0 Å². The maximum absolute atomic E-state index is 6.64. The van der Waals surface area contributed by atoms with E-state index >= 15 is 0 Å². The van der Waals surface area contributed by atoms with Crippen molar-refractivity contribution in [1.82, 2.24) is 8.97 Å². The maximum atomic E-state index is 6.64. The quantitative estimate of drug-likeness (QED) is 0.210. The van der Waals surface area contributed by atoms with E-state index in [-0.39, 0.29) is 0 Å². The Bertz CT molecular complexity index is 2630. The summed E-state index contributed by atoms with van der Waals surface area (Å²) in [7, 11) is 2.20. The highest BCUT2D eigenvalue weighted by molar-refractivity contribution is 6.38. The van der Waals surface area contributed by atoms with Gasteiger partial charge in [-0.3, -0.25) is 0 Å². The topological polar surface area (TPSA) is 22.5 Å². The predicted octanol–water partition coefficient (Wildman–Crippen LogP) is 9.53. The number of furan rings is 1. The lowest BCUT2D eigenvalue weighted by Crippen LogP contribution is -1.91. The lowest BCUT2D eigenvalue weighted by molar-refractivity contribution is 0.670. The summed E-state index contributed by atoms with van der Waals surface area (Å²) >= 11 is 0. The molecule has 0 aliphatic rings. The monoisotopic (exact) mass is 484 g/mol. The van der Waals surface area contributed by atoms with E-state index in [1.54, 1.807) is 0 Å². The number of aryl methyl sites for hydroxylation is 1. The Morgan fingerprint density at radius 2 is 1.21 bits per heavy atom. The van der Waals surface area contributed by atoms with Crippen molar-refractivity contribution in [3.63, 3.8) is 0 Å². The van der Waals surface area contributed by atoms with Crippen LogP contribution in [0.5, 0.6) is 0 Å². The van der Waals surface area contributed by atoms with Gasteiger partial charge in [0.15, 0.2) is 5.58 Å². The molecule has 0 atom stereocenters. The zero-order valence-electron chi connectivity index (χ0n) is 20.6. The molecule has 10 aromatic rings. The largest absolute Gasteiger partial charge is 0.454 e. The molecule has 0 unspecified atom stereocenters. The van der Waals surface area contributed by atoms with Crippen molar-refractivity contribution in [3.8, 4) is 0 Å². The zero-order valence-corrected chi connectivity index (χ0v) is 20.6. The summed E-state index contributed by atoms with van der Waals surface area (Å²) in [6.07, 6.45) is 0. The molecule has 4 heterocycles. The molecule has 4 aromatic heterocycles. The Morgan fingerprint density at radius 1 is 0.500 bits per heavy atom. The van der Waals surface area contributed by atoms with Crippen LogP contribution in [0, 0.1) is 0 Å². The fraction of sp³-hybridized carbons (Fsp3) is 0.0286. The van der Waals surface area contributed by atoms with Crippen molar-refractivity contribution < 1.29 is 4.42 Å². The second-order valence-electron chi connectivity index (χ2n) is 10.6. The van der Waals surface area contributed by atoms with Gasteiger partial charge in [-0.1, -0.05) is 78.9 Å². The van der Waals surface area contributed by atoms with E-state index in [4.69, 9.17) is 4.42 Å². The van der Waals surface area contributed by atoms with Gasteiger partial charge >= 0.3 is 0 Å². The van der Waals surface area contributed by atoms with Gasteiger partial charge in [0.2, 0.25) is 0 Å². The lowest BCUT2D eigenvalue weighted by Gasteiger charge is -2.07. The van der Waals surface area contributed by atoms with Gasteiger partial charge < -0.3 is 13.4 Å². The molecule has 0 amide bonds. The van der Waals surface area contributed by atoms with Crippen molar-refractivity contribution in [1.29, 1.82) is 0 Å². The van der Waals surface area contributed by atoms with Gasteiger partial charge in [-0.2, -0.15) is 0 Å². The SMILES string of the molecule is Cn1c2c3ccccc3cc3c4cccc5c6ccccc6n(c6cc7c8ccccc8oc7c1c6c32)c45. The number of hydrogen-bond acceptors (Lipinski definition) is 1. The van der Waals surface area contributed by atoms with E-state index in [1.807, 2.05) is 0 Å². The second kappa shape index (κ2) is 6.27. The summed E-state index contributed by atoms with van der Waals surface area (Å²) in [6.45, 7) is 0. The Kier molecular flexibility index (Phi) is 3.16. The first-order valence-electron chi connectivity index (χ1n) is 13.1. The van der Waals surface area contributed by atoms with Crippen LogP contribution in [0.25, 0.3) is 92.6 Å². The van der Waals surface area contributed by atoms with E-state index in [0.717, 1.165) is 27.5 Å². The molecule has 3 nitrogen and oxygen atoms in total. The molecule has 3 heteroatoms. The van der Waals surface area contributed by atoms with Gasteiger partial charge in [-0.05, 0) is 35.0 Å². The van der Waals surface area contributed by atoms with Gasteiger partial charge in [-0.15, -0.1) is 0 Å². The fourth-order valence-electron chi connectivity index (χ4n) is 7.31. The van der Waals surface area contributed by atoms with Crippen LogP contribution in [0.4, 0.5) is 0 Å². The van der Waals surface area contributed by atoms with E-state index in [1.165, 1.54) is 65.2 Å². The highest BCUT2D eigenvalue weighted by Crippen LogP contribution is 2.48. The summed E-state index contributed by atoms with van der Waals surface area (Å²) in [5.74, 6) is 0. The molecule has 10 rings (SSSR count). The van der Waals surface area contributed by atoms with E-state index in [9.17, 15) is 0 Å². The maximum Gasteiger partial charge on any atom is 0.159 e. The molecule has 0 aliphatic heterocycles. The van der Waals surface area contributed by atoms with Crippen LogP contribution in [-0.2, 0) is 7.05 Å². The first-order chi connectivity index (χ1) is 18.8. The van der Waals surface area contributed by atoms with Crippen molar-refractivity contribution in [2.24, 2.45) is 7.05 Å². The number of benzene rings is 6. The molecule has 6 aromatic carbocycles. The summed E-state index contributed by atoms with van der Waals surface area (Å²) < 4.78 is 11.5. The third kappa shape index (κ3) is 2.00. The summed E-state index contributed by atoms with van der Waals surface area (Å²) in [6, 6.07) is 37.6. The molecule has 0 N–H and O–H groups in total. The lowest BCUT2D eigenvalue weighted by atomic mass is 9.98. The van der Waals surface area contributed by atoms with Crippen molar-refractivity contribution in [3.05, 3.63) is 103 Å². The first-order valence-corrected chi connectivity index (χ1v) is 13.1. The van der Waals surface area contributed by atoms with Crippen LogP contribution >= 0.6 is 0 Å². The van der Waals surface area contributed by atoms with Crippen molar-refractivity contribution in [2.75, 3.05) is 0 Å². The molecule has 0 saturated heterocycles. The third-order valence-electron chi connectivity index (χ3n) is 8.79. The average Bonchev–Trinajstić information content (AvgIpc) is 3.57. The molecular formula is C35H20N2O. The van der Waals surface area contributed by atoms with Crippen LogP contribution < -0.4 is 0 Å². The Labute approximate surface area is 216 Å². The summed E-state index contributed by atoms with van der Waals surface area (Å²) in [5.41, 5.74) is 8.02. The minimum atomic E-state index is 0.927. The van der Waals surface area contributed by atoms with E-state index in [0.29, 0.717) is 0 Å². The van der Waals surface area contributed by atoms with Crippen LogP contribution in [0.15, 0.2) is 108 Å². The molecule has 38 heavy (non-hydrogen) atoms. The standard InChI is InChI=1S/C35H20N2O/c1-36-33-20-10-3-2-9-19(20)17-25-24-14-8-13-23-21-11-4-6-15-27(21)37(32(23)24)28-18-26-22-12-5-7-16-29(22)38-35(26)34(36)31(28)30(25)33/h2-18H,1H3. The fourth-order valence-corrected chi connectivity index (χ4v) is 7.31. The van der Waals surface area contributed by atoms with Crippen LogP contribution in [-0.4, -0.2) is 8.97 Å². The normalized spacial score (nSPS) is 12.9. The van der Waals surface area contributed by atoms with Gasteiger partial charge in [0, 0.05) is 50.1 Å². The minimum absolute atomic E-state index is 0.927. The number of aromatic nitrogens is 2. The molecule has 176 valence electrons. The number of para-hydroxylation sites is 3. The molecule has 0 fully saturated rings. The van der Waals surface area contributed by atoms with Gasteiger partial charge in [0.1, 0.15) is 5.58 Å². The van der Waals surface area contributed by atoms with E-state index < -0.39 is 0 Å². The number of hydrogen-bond donors (Lipinski definition) is 0. The molecule has 0 saturated carbocycles. The zero-order chi connectivity index (χ0) is 24.7. The average molecular weight is 485 g/mol. The van der Waals surface area contributed by atoms with Crippen molar-refractivity contribution in [2.45, 2.75) is 0 Å². The molecule has 0 spiro atoms. The van der Waals surface area contributed by atoms with Gasteiger partial charge in [0.05, 0.1) is 27.6 Å². The van der Waals surface area contributed by atoms with Crippen LogP contribution in [0.2, 0.25) is 0 Å². The Hall–Kier alpha value is -5.02. The highest BCUT2D eigenvalue weighted by Gasteiger charge is 2.25. The number of rotatable bonds is 0. The molecular weight excluding hydrogens is 464 g/mol. The molecule has 0 aliphatic carbocycles. The molecule has 0 bridgehead atoms. The third-order valence-corrected chi connectivity index (χ3v) is 8.79. The van der Waals surface area contributed by atoms with Crippen LogP contribution in [0.1, 0.15) is 0 Å². The Balaban J connectivity index is 1.71. The van der Waals surface area contributed by atoms with Gasteiger partial charge in [0.25, 0.3) is 0 Å². The smallest absolute Gasteiger partial charge is 0.159 e. The first kappa shape index (κ1) is 19.1. The van der Waals surface area contributed by atoms with Gasteiger partial charge in [-0.25, -0.2) is 0 Å². The summed E-state index contributed by atoms with van der Waals surface area (Å²) in [5, 5.41) is 12.5. The number of nitrogens with zero attached hydrogens (tertiary/aromatic N) is 2. The predicted molar refractivity (Wildman–Crippen MR) is 160 cm³/mol.